The van der Waals surface area contributed by atoms with Crippen molar-refractivity contribution in [2.45, 2.75) is 27.2 Å². The number of piperazine rings is 1. The zero-order chi connectivity index (χ0) is 20.6. The molecule has 0 unspecified atom stereocenters. The monoisotopic (exact) mass is 391 g/mol. The molecule has 0 saturated carbocycles. The third-order valence-corrected chi connectivity index (χ3v) is 5.95. The maximum Gasteiger partial charge on any atom is 0.310 e. The molecule has 1 aromatic rings. The van der Waals surface area contributed by atoms with Crippen LogP contribution in [0.5, 0.6) is 0 Å². The number of rotatable bonds is 3. The largest absolute Gasteiger partial charge is 0.481 e. The van der Waals surface area contributed by atoms with Gasteiger partial charge in [0.25, 0.3) is 0 Å². The predicted octanol–water partition coefficient (Wildman–Crippen LogP) is 3.79. The van der Waals surface area contributed by atoms with Crippen molar-refractivity contribution in [3.05, 3.63) is 64.4 Å². The highest BCUT2D eigenvalue weighted by molar-refractivity contribution is 6.04. The fourth-order valence-electron chi connectivity index (χ4n) is 4.19. The van der Waals surface area contributed by atoms with Crippen LogP contribution in [0, 0.1) is 5.41 Å². The third kappa shape index (κ3) is 4.06. The molecule has 0 aromatic heterocycles. The van der Waals surface area contributed by atoms with Gasteiger partial charge in [-0.25, -0.2) is 4.99 Å². The van der Waals surface area contributed by atoms with E-state index in [4.69, 9.17) is 4.99 Å². The van der Waals surface area contributed by atoms with Crippen LogP contribution in [-0.2, 0) is 4.79 Å². The minimum absolute atomic E-state index is 0.570. The average Bonchev–Trinajstić information content (AvgIpc) is 2.84. The number of amidine groups is 1. The van der Waals surface area contributed by atoms with Crippen molar-refractivity contribution >= 4 is 17.9 Å². The van der Waals surface area contributed by atoms with E-state index in [0.717, 1.165) is 44.1 Å². The van der Waals surface area contributed by atoms with E-state index in [1.807, 2.05) is 0 Å². The Labute approximate surface area is 172 Å². The van der Waals surface area contributed by atoms with Gasteiger partial charge in [0.05, 0.1) is 11.1 Å². The molecular formula is C24H29N3O2. The number of carboxylic acids is 1. The van der Waals surface area contributed by atoms with Crippen LogP contribution in [0.15, 0.2) is 58.3 Å². The molecule has 1 aromatic carbocycles. The first-order valence-electron chi connectivity index (χ1n) is 10.3. The van der Waals surface area contributed by atoms with Gasteiger partial charge in [-0.05, 0) is 50.5 Å². The Morgan fingerprint density at radius 1 is 1.14 bits per heavy atom. The van der Waals surface area contributed by atoms with Gasteiger partial charge < -0.3 is 10.0 Å². The van der Waals surface area contributed by atoms with E-state index < -0.39 is 11.4 Å². The summed E-state index contributed by atoms with van der Waals surface area (Å²) in [5.74, 6) is 0.288. The smallest absolute Gasteiger partial charge is 0.310 e. The quantitative estimate of drug-likeness (QED) is 0.852. The van der Waals surface area contributed by atoms with Gasteiger partial charge in [0.2, 0.25) is 0 Å². The van der Waals surface area contributed by atoms with Gasteiger partial charge in [-0.15, -0.1) is 0 Å². The van der Waals surface area contributed by atoms with E-state index in [9.17, 15) is 9.90 Å². The molecule has 1 N–H and O–H groups in total. The molecular weight excluding hydrogens is 362 g/mol. The molecule has 1 saturated heterocycles. The van der Waals surface area contributed by atoms with Crippen molar-refractivity contribution in [2.75, 3.05) is 32.7 Å². The molecule has 5 heteroatoms. The SMILES string of the molecule is CC1=CC=C2N=C(N3CCN(CC(C)(C)C(=O)O)CC3)c3ccccc3C=C2C1. The number of fused-ring (bicyclic) bond motifs is 2. The van der Waals surface area contributed by atoms with E-state index in [1.165, 1.54) is 22.3 Å². The van der Waals surface area contributed by atoms with Crippen LogP contribution in [0.2, 0.25) is 0 Å². The molecule has 29 heavy (non-hydrogen) atoms. The van der Waals surface area contributed by atoms with Crippen molar-refractivity contribution in [3.63, 3.8) is 0 Å². The zero-order valence-corrected chi connectivity index (χ0v) is 17.5. The Balaban J connectivity index is 1.58. The van der Waals surface area contributed by atoms with Crippen LogP contribution in [0.4, 0.5) is 0 Å². The summed E-state index contributed by atoms with van der Waals surface area (Å²) >= 11 is 0. The van der Waals surface area contributed by atoms with Gasteiger partial charge in [-0.3, -0.25) is 9.69 Å². The van der Waals surface area contributed by atoms with Crippen LogP contribution in [-0.4, -0.2) is 59.4 Å². The number of benzene rings is 1. The Morgan fingerprint density at radius 3 is 2.59 bits per heavy atom. The second-order valence-corrected chi connectivity index (χ2v) is 8.89. The Morgan fingerprint density at radius 2 is 1.86 bits per heavy atom. The topological polar surface area (TPSA) is 56.1 Å². The lowest BCUT2D eigenvalue weighted by Crippen LogP contribution is -2.52. The molecule has 152 valence electrons. The van der Waals surface area contributed by atoms with E-state index in [0.29, 0.717) is 6.54 Å². The molecule has 0 amide bonds. The molecule has 1 fully saturated rings. The number of carbonyl (C=O) groups is 1. The maximum absolute atomic E-state index is 11.5. The van der Waals surface area contributed by atoms with Crippen molar-refractivity contribution in [2.24, 2.45) is 10.4 Å². The van der Waals surface area contributed by atoms with Crippen LogP contribution >= 0.6 is 0 Å². The van der Waals surface area contributed by atoms with Gasteiger partial charge >= 0.3 is 5.97 Å². The average molecular weight is 392 g/mol. The summed E-state index contributed by atoms with van der Waals surface area (Å²) in [5, 5.41) is 9.42. The highest BCUT2D eigenvalue weighted by atomic mass is 16.4. The van der Waals surface area contributed by atoms with Gasteiger partial charge in [-0.2, -0.15) is 0 Å². The Kier molecular flexibility index (Phi) is 5.17. The molecule has 4 rings (SSSR count). The highest BCUT2D eigenvalue weighted by Crippen LogP contribution is 2.32. The summed E-state index contributed by atoms with van der Waals surface area (Å²) in [7, 11) is 0. The second-order valence-electron chi connectivity index (χ2n) is 8.89. The summed E-state index contributed by atoms with van der Waals surface area (Å²) in [6.07, 6.45) is 7.51. The summed E-state index contributed by atoms with van der Waals surface area (Å²) in [5.41, 5.74) is 5.34. The molecule has 3 aliphatic rings. The standard InChI is InChI=1S/C24H29N3O2/c1-17-8-9-21-19(14-17)15-18-6-4-5-7-20(18)22(25-21)27-12-10-26(11-13-27)16-24(2,3)23(28)29/h4-9,15H,10-14,16H2,1-3H3,(H,28,29). The molecule has 2 heterocycles. The third-order valence-electron chi connectivity index (χ3n) is 5.95. The lowest BCUT2D eigenvalue weighted by Gasteiger charge is -2.39. The second kappa shape index (κ2) is 7.64. The highest BCUT2D eigenvalue weighted by Gasteiger charge is 2.32. The summed E-state index contributed by atoms with van der Waals surface area (Å²) in [4.78, 5) is 21.2. The minimum Gasteiger partial charge on any atom is -0.481 e. The fourth-order valence-corrected chi connectivity index (χ4v) is 4.19. The van der Waals surface area contributed by atoms with Crippen LogP contribution < -0.4 is 0 Å². The number of aliphatic carboxylic acids is 1. The molecule has 1 aliphatic carbocycles. The predicted molar refractivity (Wildman–Crippen MR) is 117 cm³/mol. The van der Waals surface area contributed by atoms with Crippen LogP contribution in [0.1, 0.15) is 38.3 Å². The summed E-state index contributed by atoms with van der Waals surface area (Å²) in [6.45, 7) is 9.71. The number of carboxylic acid groups (broad SMARTS) is 1. The molecule has 0 atom stereocenters. The van der Waals surface area contributed by atoms with Crippen molar-refractivity contribution in [1.29, 1.82) is 0 Å². The summed E-state index contributed by atoms with van der Waals surface area (Å²) < 4.78 is 0. The fraction of sp³-hybridized carbons (Fsp3) is 0.417. The molecule has 0 bridgehead atoms. The number of hydrogen-bond donors (Lipinski definition) is 1. The van der Waals surface area contributed by atoms with Crippen molar-refractivity contribution in [1.82, 2.24) is 9.80 Å². The Bertz CT molecular complexity index is 945. The maximum atomic E-state index is 11.5. The van der Waals surface area contributed by atoms with Gasteiger partial charge in [0.15, 0.2) is 0 Å². The molecule has 0 spiro atoms. The van der Waals surface area contributed by atoms with Gasteiger partial charge in [0, 0.05) is 38.3 Å². The van der Waals surface area contributed by atoms with Gasteiger partial charge in [-0.1, -0.05) is 35.9 Å². The molecule has 2 aliphatic heterocycles. The zero-order valence-electron chi connectivity index (χ0n) is 17.5. The molecule has 0 radical (unpaired) electrons. The lowest BCUT2D eigenvalue weighted by molar-refractivity contribution is -0.148. The van der Waals surface area contributed by atoms with E-state index >= 15 is 0 Å². The lowest BCUT2D eigenvalue weighted by atomic mass is 9.93. The van der Waals surface area contributed by atoms with Crippen molar-refractivity contribution in [3.8, 4) is 0 Å². The summed E-state index contributed by atoms with van der Waals surface area (Å²) in [6, 6.07) is 8.48. The number of nitrogens with zero attached hydrogens (tertiary/aromatic N) is 3. The van der Waals surface area contributed by atoms with Gasteiger partial charge in [0.1, 0.15) is 5.84 Å². The van der Waals surface area contributed by atoms with Crippen LogP contribution in [0.25, 0.3) is 6.08 Å². The Hall–Kier alpha value is -2.66. The number of hydrogen-bond acceptors (Lipinski definition) is 4. The van der Waals surface area contributed by atoms with E-state index in [1.54, 1.807) is 13.8 Å². The minimum atomic E-state index is -0.742. The van der Waals surface area contributed by atoms with Crippen LogP contribution in [0.3, 0.4) is 0 Å². The first kappa shape index (κ1) is 19.6. The number of allylic oxidation sites excluding steroid dienone is 4. The van der Waals surface area contributed by atoms with Crippen molar-refractivity contribution < 1.29 is 9.90 Å². The first-order chi connectivity index (χ1) is 13.8. The number of aliphatic imine (C=N–C) groups is 1. The molecule has 5 nitrogen and oxygen atoms in total. The normalized spacial score (nSPS) is 19.9. The first-order valence-corrected chi connectivity index (χ1v) is 10.3. The van der Waals surface area contributed by atoms with E-state index in [-0.39, 0.29) is 0 Å². The van der Waals surface area contributed by atoms with E-state index in [2.05, 4.69) is 59.2 Å².